The normalized spacial score (nSPS) is 11.4. The van der Waals surface area contributed by atoms with Crippen molar-refractivity contribution in [1.82, 2.24) is 34.1 Å². The zero-order chi connectivity index (χ0) is 19.1. The highest BCUT2D eigenvalue weighted by Crippen LogP contribution is 2.26. The van der Waals surface area contributed by atoms with Gasteiger partial charge in [-0.15, -0.1) is 10.2 Å². The lowest BCUT2D eigenvalue weighted by Gasteiger charge is -2.10. The van der Waals surface area contributed by atoms with E-state index < -0.39 is 0 Å². The Labute approximate surface area is 160 Å². The van der Waals surface area contributed by atoms with Gasteiger partial charge in [0.2, 0.25) is 5.65 Å². The minimum absolute atomic E-state index is 0.652. The van der Waals surface area contributed by atoms with Crippen molar-refractivity contribution < 1.29 is 0 Å². The van der Waals surface area contributed by atoms with Crippen LogP contribution in [0.2, 0.25) is 0 Å². The molecule has 138 valence electrons. The van der Waals surface area contributed by atoms with E-state index in [1.807, 2.05) is 54.9 Å². The predicted octanol–water partition coefficient (Wildman–Crippen LogP) is 2.93. The van der Waals surface area contributed by atoms with Crippen LogP contribution in [0.1, 0.15) is 11.4 Å². The largest absolute Gasteiger partial charge is 0.370 e. The second kappa shape index (κ2) is 6.41. The number of pyridine rings is 1. The number of benzene rings is 1. The van der Waals surface area contributed by atoms with Crippen molar-refractivity contribution in [3.63, 3.8) is 0 Å². The number of nitrogens with zero attached hydrogens (tertiary/aromatic N) is 7. The molecule has 0 aliphatic heterocycles. The summed E-state index contributed by atoms with van der Waals surface area (Å²) in [7, 11) is 1.82. The molecule has 0 amide bonds. The summed E-state index contributed by atoms with van der Waals surface area (Å²) in [6, 6.07) is 14.1. The molecule has 0 aliphatic rings. The Morgan fingerprint density at radius 3 is 2.64 bits per heavy atom. The minimum atomic E-state index is 0.652. The Morgan fingerprint density at radius 1 is 0.964 bits per heavy atom. The van der Waals surface area contributed by atoms with E-state index in [4.69, 9.17) is 9.97 Å². The fourth-order valence-corrected chi connectivity index (χ4v) is 3.35. The van der Waals surface area contributed by atoms with Crippen LogP contribution in [0.3, 0.4) is 0 Å². The van der Waals surface area contributed by atoms with Crippen LogP contribution in [-0.4, -0.2) is 41.2 Å². The van der Waals surface area contributed by atoms with Crippen molar-refractivity contribution in [2.45, 2.75) is 13.5 Å². The van der Waals surface area contributed by atoms with Crippen molar-refractivity contribution in [2.24, 2.45) is 0 Å². The van der Waals surface area contributed by atoms with Crippen molar-refractivity contribution in [3.8, 4) is 11.5 Å². The molecule has 4 heterocycles. The second-order valence-electron chi connectivity index (χ2n) is 6.52. The number of fused-ring (bicyclic) bond motifs is 2. The van der Waals surface area contributed by atoms with Gasteiger partial charge in [0.1, 0.15) is 17.0 Å². The van der Waals surface area contributed by atoms with Crippen LogP contribution < -0.4 is 5.32 Å². The van der Waals surface area contributed by atoms with E-state index >= 15 is 0 Å². The molecule has 0 saturated heterocycles. The van der Waals surface area contributed by atoms with E-state index in [0.29, 0.717) is 18.0 Å². The number of hydrogen-bond donors (Lipinski definition) is 1. The van der Waals surface area contributed by atoms with Gasteiger partial charge in [-0.05, 0) is 24.6 Å². The van der Waals surface area contributed by atoms with Gasteiger partial charge in [0.05, 0.1) is 6.54 Å². The maximum absolute atomic E-state index is 4.83. The van der Waals surface area contributed by atoms with Gasteiger partial charge < -0.3 is 9.88 Å². The van der Waals surface area contributed by atoms with Crippen LogP contribution in [0.4, 0.5) is 5.82 Å². The lowest BCUT2D eigenvalue weighted by atomic mass is 10.2. The minimum Gasteiger partial charge on any atom is -0.370 e. The first kappa shape index (κ1) is 16.4. The number of aryl methyl sites for hydroxylation is 1. The first-order chi connectivity index (χ1) is 13.7. The quantitative estimate of drug-likeness (QED) is 0.523. The number of rotatable bonds is 4. The molecule has 0 aliphatic carbocycles. The molecule has 8 heteroatoms. The molecule has 5 rings (SSSR count). The SMILES string of the molecule is CNc1nc(-c2nc3cccnc3n2Cc2ccccc2)cn2c(C)nnc12. The van der Waals surface area contributed by atoms with Crippen LogP contribution in [0.15, 0.2) is 54.9 Å². The summed E-state index contributed by atoms with van der Waals surface area (Å²) in [6.45, 7) is 2.57. The van der Waals surface area contributed by atoms with Gasteiger partial charge in [-0.2, -0.15) is 0 Å². The Balaban J connectivity index is 1.76. The fraction of sp³-hybridized carbons (Fsp3) is 0.150. The summed E-state index contributed by atoms with van der Waals surface area (Å²) in [4.78, 5) is 14.1. The molecule has 28 heavy (non-hydrogen) atoms. The first-order valence-corrected chi connectivity index (χ1v) is 9.00. The van der Waals surface area contributed by atoms with E-state index in [1.165, 1.54) is 5.56 Å². The third kappa shape index (κ3) is 2.58. The fourth-order valence-electron chi connectivity index (χ4n) is 3.35. The predicted molar refractivity (Wildman–Crippen MR) is 107 cm³/mol. The van der Waals surface area contributed by atoms with Gasteiger partial charge in [-0.25, -0.2) is 15.0 Å². The smallest absolute Gasteiger partial charge is 0.203 e. The Morgan fingerprint density at radius 2 is 1.82 bits per heavy atom. The maximum atomic E-state index is 4.83. The van der Waals surface area contributed by atoms with Gasteiger partial charge in [0.15, 0.2) is 17.3 Å². The molecule has 5 aromatic rings. The highest BCUT2D eigenvalue weighted by Gasteiger charge is 2.18. The van der Waals surface area contributed by atoms with Gasteiger partial charge in [-0.1, -0.05) is 30.3 Å². The van der Waals surface area contributed by atoms with Crippen LogP contribution in [0, 0.1) is 6.92 Å². The average molecular weight is 370 g/mol. The monoisotopic (exact) mass is 370 g/mol. The van der Waals surface area contributed by atoms with Crippen LogP contribution in [-0.2, 0) is 6.54 Å². The van der Waals surface area contributed by atoms with Crippen molar-refractivity contribution >= 4 is 22.6 Å². The van der Waals surface area contributed by atoms with Crippen LogP contribution in [0.5, 0.6) is 0 Å². The van der Waals surface area contributed by atoms with Gasteiger partial charge in [-0.3, -0.25) is 4.40 Å². The molecule has 0 unspecified atom stereocenters. The van der Waals surface area contributed by atoms with Gasteiger partial charge in [0.25, 0.3) is 0 Å². The Hall–Kier alpha value is -3.81. The molecule has 0 fully saturated rings. The van der Waals surface area contributed by atoms with E-state index in [9.17, 15) is 0 Å². The summed E-state index contributed by atoms with van der Waals surface area (Å²) in [5, 5.41) is 11.5. The van der Waals surface area contributed by atoms with Gasteiger partial charge >= 0.3 is 0 Å². The third-order valence-corrected chi connectivity index (χ3v) is 4.71. The maximum Gasteiger partial charge on any atom is 0.203 e. The lowest BCUT2D eigenvalue weighted by Crippen LogP contribution is -2.06. The van der Waals surface area contributed by atoms with Crippen molar-refractivity contribution in [3.05, 3.63) is 66.2 Å². The molecular formula is C20H18N8. The summed E-state index contributed by atoms with van der Waals surface area (Å²) in [5.41, 5.74) is 4.25. The van der Waals surface area contributed by atoms with Crippen molar-refractivity contribution in [2.75, 3.05) is 12.4 Å². The summed E-state index contributed by atoms with van der Waals surface area (Å²) >= 11 is 0. The number of anilines is 1. The first-order valence-electron chi connectivity index (χ1n) is 9.00. The zero-order valence-corrected chi connectivity index (χ0v) is 15.5. The number of imidazole rings is 1. The van der Waals surface area contributed by atoms with E-state index in [0.717, 1.165) is 28.5 Å². The Bertz CT molecular complexity index is 1290. The standard InChI is InChI=1S/C20H18N8/c1-13-25-26-20-17(21-2)23-16(12-27(13)20)19-24-15-9-6-10-22-18(15)28(19)11-14-7-4-3-5-8-14/h3-10,12H,11H2,1-2H3,(H,21,23). The molecular weight excluding hydrogens is 352 g/mol. The summed E-state index contributed by atoms with van der Waals surface area (Å²) in [5.74, 6) is 2.20. The summed E-state index contributed by atoms with van der Waals surface area (Å²) < 4.78 is 4.02. The Kier molecular flexibility index (Phi) is 3.75. The molecule has 0 spiro atoms. The highest BCUT2D eigenvalue weighted by atomic mass is 15.3. The number of aromatic nitrogens is 7. The molecule has 1 N–H and O–H groups in total. The molecule has 4 aromatic heterocycles. The van der Waals surface area contributed by atoms with E-state index in [1.54, 1.807) is 6.20 Å². The number of nitrogens with one attached hydrogen (secondary N) is 1. The molecule has 8 nitrogen and oxygen atoms in total. The van der Waals surface area contributed by atoms with E-state index in [-0.39, 0.29) is 0 Å². The molecule has 0 atom stereocenters. The lowest BCUT2D eigenvalue weighted by molar-refractivity contribution is 0.818. The molecule has 1 aromatic carbocycles. The second-order valence-corrected chi connectivity index (χ2v) is 6.52. The molecule has 0 radical (unpaired) electrons. The molecule has 0 bridgehead atoms. The van der Waals surface area contributed by atoms with Crippen LogP contribution >= 0.6 is 0 Å². The zero-order valence-electron chi connectivity index (χ0n) is 15.5. The topological polar surface area (TPSA) is 85.8 Å². The van der Waals surface area contributed by atoms with Crippen LogP contribution in [0.25, 0.3) is 28.3 Å². The van der Waals surface area contributed by atoms with Gasteiger partial charge in [0, 0.05) is 19.4 Å². The third-order valence-electron chi connectivity index (χ3n) is 4.71. The van der Waals surface area contributed by atoms with Crippen molar-refractivity contribution in [1.29, 1.82) is 0 Å². The molecule has 0 saturated carbocycles. The van der Waals surface area contributed by atoms with E-state index in [2.05, 4.69) is 37.2 Å². The summed E-state index contributed by atoms with van der Waals surface area (Å²) in [6.07, 6.45) is 3.71. The number of hydrogen-bond acceptors (Lipinski definition) is 6. The highest BCUT2D eigenvalue weighted by molar-refractivity contribution is 5.77. The average Bonchev–Trinajstić information content (AvgIpc) is 3.29.